The Balaban J connectivity index is 1.81. The first kappa shape index (κ1) is 42.5. The number of Topliss-reactive ketones (excluding diaryl/α,β-unsaturated/α-hetero) is 1. The largest absolute Gasteiger partial charge is 0.494 e. The van der Waals surface area contributed by atoms with Crippen LogP contribution in [0.4, 0.5) is 0 Å². The highest BCUT2D eigenvalue weighted by Gasteiger charge is 2.45. The number of hydrogen-bond donors (Lipinski definition) is 1. The molecule has 4 unspecified atom stereocenters. The summed E-state index contributed by atoms with van der Waals surface area (Å²) in [5, 5.41) is -0.202. The van der Waals surface area contributed by atoms with Gasteiger partial charge in [0.1, 0.15) is 11.0 Å². The van der Waals surface area contributed by atoms with Gasteiger partial charge >= 0.3 is 10.1 Å². The van der Waals surface area contributed by atoms with Gasteiger partial charge in [-0.05, 0) is 107 Å². The fraction of sp³-hybridized carbons (Fsp3) is 0.643. The lowest BCUT2D eigenvalue weighted by molar-refractivity contribution is 0.0859. The summed E-state index contributed by atoms with van der Waals surface area (Å²) in [4.78, 5) is 22.1. The summed E-state index contributed by atoms with van der Waals surface area (Å²) < 4.78 is 41.1. The van der Waals surface area contributed by atoms with Crippen LogP contribution in [0.25, 0.3) is 10.9 Å². The van der Waals surface area contributed by atoms with E-state index in [2.05, 4.69) is 49.4 Å². The van der Waals surface area contributed by atoms with Crippen molar-refractivity contribution in [3.8, 4) is 11.5 Å². The topological polar surface area (TPSA) is 91.9 Å². The Kier molecular flexibility index (Phi) is 18.6. The van der Waals surface area contributed by atoms with Crippen LogP contribution in [0.2, 0.25) is 0 Å². The van der Waals surface area contributed by atoms with Crippen molar-refractivity contribution in [3.05, 3.63) is 60.3 Å². The van der Waals surface area contributed by atoms with Crippen molar-refractivity contribution < 1.29 is 22.1 Å². The Morgan fingerprint density at radius 3 is 1.92 bits per heavy atom. The second kappa shape index (κ2) is 22.2. The van der Waals surface area contributed by atoms with Crippen molar-refractivity contribution in [1.82, 2.24) is 14.8 Å². The minimum absolute atomic E-state index is 0.0765. The Hall–Kier alpha value is -2.88. The van der Waals surface area contributed by atoms with Gasteiger partial charge in [0.2, 0.25) is 0 Å². The lowest BCUT2D eigenvalue weighted by atomic mass is 9.83. The predicted octanol–water partition coefficient (Wildman–Crippen LogP) is 9.75. The fourth-order valence-electron chi connectivity index (χ4n) is 7.04. The predicted molar refractivity (Wildman–Crippen MR) is 213 cm³/mol. The molecule has 0 saturated carbocycles. The summed E-state index contributed by atoms with van der Waals surface area (Å²) in [6, 6.07) is 14.6. The number of fused-ring (bicyclic) bond motifs is 1. The van der Waals surface area contributed by atoms with Gasteiger partial charge in [0, 0.05) is 41.2 Å². The molecule has 0 aliphatic rings. The molecule has 1 heterocycles. The molecule has 1 N–H and O–H groups in total. The van der Waals surface area contributed by atoms with Crippen LogP contribution in [0.3, 0.4) is 0 Å². The van der Waals surface area contributed by atoms with Crippen molar-refractivity contribution in [2.75, 3.05) is 39.3 Å². The average Bonchev–Trinajstić information content (AvgIpc) is 3.54. The fourth-order valence-corrected chi connectivity index (χ4v) is 9.05. The number of hydrogen-bond acceptors (Lipinski definition) is 7. The normalized spacial score (nSPS) is 14.5. The maximum atomic E-state index is 14.5. The molecule has 0 fully saturated rings. The average molecular weight is 726 g/mol. The van der Waals surface area contributed by atoms with E-state index in [0.29, 0.717) is 24.0 Å². The molecule has 0 aliphatic carbocycles. The third-order valence-electron chi connectivity index (χ3n) is 10.4. The maximum Gasteiger partial charge on any atom is 0.314 e. The molecule has 0 bridgehead atoms. The van der Waals surface area contributed by atoms with Crippen LogP contribution in [0.5, 0.6) is 11.5 Å². The van der Waals surface area contributed by atoms with Gasteiger partial charge < -0.3 is 18.8 Å². The Morgan fingerprint density at radius 1 is 0.765 bits per heavy atom. The van der Waals surface area contributed by atoms with Crippen LogP contribution in [0.15, 0.2) is 54.7 Å². The van der Waals surface area contributed by atoms with Crippen molar-refractivity contribution in [2.45, 2.75) is 124 Å². The van der Waals surface area contributed by atoms with Crippen LogP contribution in [-0.2, 0) is 10.1 Å². The second-order valence-corrected chi connectivity index (χ2v) is 15.9. The SMILES string of the molecule is CCCCN(CCCC)CCCOc1ccc(C(=O)C(C)C(C)C(C(CC)N(CCCC)CCCC)S(=O)(=O)Oc2c[nH]c3ccccc23)cc1. The molecule has 1 aromatic heterocycles. The quantitative estimate of drug-likeness (QED) is 0.0475. The molecule has 0 saturated heterocycles. The van der Waals surface area contributed by atoms with E-state index < -0.39 is 27.2 Å². The van der Waals surface area contributed by atoms with Crippen LogP contribution < -0.4 is 8.92 Å². The summed E-state index contributed by atoms with van der Waals surface area (Å²) in [6.07, 6.45) is 12.0. The van der Waals surface area contributed by atoms with E-state index in [4.69, 9.17) is 8.92 Å². The molecule has 286 valence electrons. The molecule has 2 aromatic carbocycles. The first-order valence-corrected chi connectivity index (χ1v) is 21.3. The van der Waals surface area contributed by atoms with Crippen molar-refractivity contribution in [2.24, 2.45) is 11.8 Å². The van der Waals surface area contributed by atoms with Gasteiger partial charge in [-0.25, -0.2) is 0 Å². The smallest absolute Gasteiger partial charge is 0.314 e. The highest BCUT2D eigenvalue weighted by atomic mass is 32.2. The number of carbonyl (C=O) groups excluding carboxylic acids is 1. The second-order valence-electron chi connectivity index (χ2n) is 14.2. The van der Waals surface area contributed by atoms with Crippen molar-refractivity contribution in [3.63, 3.8) is 0 Å². The number of ether oxygens (including phenoxy) is 1. The van der Waals surface area contributed by atoms with Gasteiger partial charge in [0.05, 0.1) is 6.61 Å². The molecular weight excluding hydrogens is 659 g/mol. The molecule has 51 heavy (non-hydrogen) atoms. The number of nitrogens with zero attached hydrogens (tertiary/aromatic N) is 2. The molecule has 3 rings (SSSR count). The standard InChI is InChI=1S/C42H67N3O5S/c1-8-13-26-44(27-14-9-2)28-19-31-49-36-24-22-35(23-25-36)41(46)33(6)34(7)42(39(12-5)45(29-15-10-3)30-16-11-4)51(47,48)50-40-32-43-38-21-18-17-20-37(38)40/h17-18,20-25,32-34,39,42-43H,8-16,19,26-31H2,1-7H3. The summed E-state index contributed by atoms with van der Waals surface area (Å²) in [7, 11) is -4.18. The number of nitrogens with one attached hydrogen (secondary N) is 1. The van der Waals surface area contributed by atoms with Crippen LogP contribution in [0.1, 0.15) is 123 Å². The number of para-hydroxylation sites is 1. The van der Waals surface area contributed by atoms with Gasteiger partial charge in [-0.15, -0.1) is 0 Å². The van der Waals surface area contributed by atoms with Crippen LogP contribution in [0, 0.1) is 11.8 Å². The number of rotatable bonds is 27. The Morgan fingerprint density at radius 2 is 1.33 bits per heavy atom. The number of unbranched alkanes of at least 4 members (excludes halogenated alkanes) is 4. The molecule has 9 heteroatoms. The summed E-state index contributed by atoms with van der Waals surface area (Å²) >= 11 is 0. The summed E-state index contributed by atoms with van der Waals surface area (Å²) in [5.41, 5.74) is 1.37. The van der Waals surface area contributed by atoms with E-state index in [1.54, 1.807) is 6.20 Å². The van der Waals surface area contributed by atoms with E-state index in [-0.39, 0.29) is 17.6 Å². The molecule has 8 nitrogen and oxygen atoms in total. The first-order valence-electron chi connectivity index (χ1n) is 19.8. The third kappa shape index (κ3) is 12.6. The zero-order chi connectivity index (χ0) is 37.2. The van der Waals surface area contributed by atoms with Gasteiger partial charge in [-0.2, -0.15) is 8.42 Å². The zero-order valence-corrected chi connectivity index (χ0v) is 33.5. The lowest BCUT2D eigenvalue weighted by Gasteiger charge is -2.39. The maximum absolute atomic E-state index is 14.5. The van der Waals surface area contributed by atoms with Crippen molar-refractivity contribution in [1.29, 1.82) is 0 Å². The minimum Gasteiger partial charge on any atom is -0.494 e. The lowest BCUT2D eigenvalue weighted by Crippen LogP contribution is -2.53. The number of aromatic amines is 1. The molecular formula is C42H67N3O5S. The van der Waals surface area contributed by atoms with E-state index in [1.807, 2.05) is 62.4 Å². The Bertz CT molecular complexity index is 1510. The number of aromatic nitrogens is 1. The first-order chi connectivity index (χ1) is 24.6. The van der Waals surface area contributed by atoms with Crippen LogP contribution in [-0.4, -0.2) is 79.6 Å². The van der Waals surface area contributed by atoms with Gasteiger partial charge in [0.15, 0.2) is 11.5 Å². The highest BCUT2D eigenvalue weighted by Crippen LogP contribution is 2.34. The Labute approximate surface area is 309 Å². The zero-order valence-electron chi connectivity index (χ0n) is 32.7. The number of H-pyrrole nitrogens is 1. The van der Waals surface area contributed by atoms with E-state index in [0.717, 1.165) is 76.1 Å². The van der Waals surface area contributed by atoms with E-state index in [9.17, 15) is 13.2 Å². The molecule has 0 radical (unpaired) electrons. The third-order valence-corrected chi connectivity index (χ3v) is 12.2. The summed E-state index contributed by atoms with van der Waals surface area (Å²) in [5.74, 6) is -0.124. The summed E-state index contributed by atoms with van der Waals surface area (Å²) in [6.45, 7) is 20.1. The number of carbonyl (C=O) groups is 1. The number of benzene rings is 2. The molecule has 0 spiro atoms. The van der Waals surface area contributed by atoms with Gasteiger partial charge in [0.25, 0.3) is 0 Å². The minimum atomic E-state index is -4.18. The van der Waals surface area contributed by atoms with Gasteiger partial charge in [-0.1, -0.05) is 86.3 Å². The molecule has 0 aliphatic heterocycles. The molecule has 4 atom stereocenters. The number of ketones is 1. The van der Waals surface area contributed by atoms with Crippen LogP contribution >= 0.6 is 0 Å². The van der Waals surface area contributed by atoms with E-state index >= 15 is 0 Å². The molecule has 0 amide bonds. The van der Waals surface area contributed by atoms with E-state index in [1.165, 1.54) is 25.7 Å². The van der Waals surface area contributed by atoms with Crippen molar-refractivity contribution >= 4 is 26.8 Å². The van der Waals surface area contributed by atoms with Gasteiger partial charge in [-0.3, -0.25) is 9.69 Å². The molecule has 3 aromatic rings. The monoisotopic (exact) mass is 725 g/mol. The highest BCUT2D eigenvalue weighted by molar-refractivity contribution is 7.87.